The summed E-state index contributed by atoms with van der Waals surface area (Å²) in [7, 11) is 0. The number of aryl methyl sites for hydroxylation is 3. The first-order valence-corrected chi connectivity index (χ1v) is 9.11. The van der Waals surface area contributed by atoms with E-state index in [-0.39, 0.29) is 0 Å². The van der Waals surface area contributed by atoms with Gasteiger partial charge in [-0.3, -0.25) is 0 Å². The molecule has 0 N–H and O–H groups in total. The van der Waals surface area contributed by atoms with Crippen molar-refractivity contribution in [3.63, 3.8) is 0 Å². The minimum atomic E-state index is 0.836. The van der Waals surface area contributed by atoms with E-state index in [2.05, 4.69) is 72.4 Å². The van der Waals surface area contributed by atoms with Crippen LogP contribution >= 0.6 is 0 Å². The summed E-state index contributed by atoms with van der Waals surface area (Å²) in [4.78, 5) is 9.61. The van der Waals surface area contributed by atoms with E-state index in [1.165, 1.54) is 16.6 Å². The number of nitrogens with zero attached hydrogens (tertiary/aromatic N) is 4. The van der Waals surface area contributed by atoms with Crippen molar-refractivity contribution in [1.29, 1.82) is 0 Å². The molecule has 4 rings (SSSR count). The monoisotopic (exact) mass is 332 g/mol. The average Bonchev–Trinajstić information content (AvgIpc) is 3.11. The van der Waals surface area contributed by atoms with Crippen LogP contribution in [0, 0.1) is 6.92 Å². The molecule has 2 aromatic heterocycles. The van der Waals surface area contributed by atoms with E-state index in [1.807, 2.05) is 0 Å². The van der Waals surface area contributed by atoms with Crippen molar-refractivity contribution < 1.29 is 0 Å². The number of hydrogen-bond acceptors (Lipinski definition) is 2. The van der Waals surface area contributed by atoms with E-state index in [1.54, 1.807) is 0 Å². The zero-order valence-corrected chi connectivity index (χ0v) is 15.2. The molecule has 0 unspecified atom stereocenters. The van der Waals surface area contributed by atoms with Crippen molar-refractivity contribution >= 4 is 22.1 Å². The summed E-state index contributed by atoms with van der Waals surface area (Å²) in [5.74, 6) is 2.21. The number of aromatic nitrogens is 4. The largest absolute Gasteiger partial charge is 0.329 e. The second kappa shape index (κ2) is 6.36. The minimum absolute atomic E-state index is 0.836. The highest BCUT2D eigenvalue weighted by atomic mass is 15.1. The van der Waals surface area contributed by atoms with Crippen molar-refractivity contribution in [1.82, 2.24) is 19.1 Å². The van der Waals surface area contributed by atoms with Crippen molar-refractivity contribution in [2.24, 2.45) is 0 Å². The first-order valence-electron chi connectivity index (χ1n) is 9.11. The fourth-order valence-corrected chi connectivity index (χ4v) is 3.72. The molecule has 4 nitrogen and oxygen atoms in total. The molecule has 0 atom stereocenters. The molecule has 25 heavy (non-hydrogen) atoms. The summed E-state index contributed by atoms with van der Waals surface area (Å²) in [5, 5.41) is 0. The van der Waals surface area contributed by atoms with Crippen LogP contribution in [0.25, 0.3) is 22.1 Å². The van der Waals surface area contributed by atoms with Gasteiger partial charge in [-0.2, -0.15) is 0 Å². The number of para-hydroxylation sites is 2. The van der Waals surface area contributed by atoms with Crippen molar-refractivity contribution in [2.45, 2.75) is 46.7 Å². The third-order valence-corrected chi connectivity index (χ3v) is 4.86. The molecule has 0 amide bonds. The van der Waals surface area contributed by atoms with Crippen LogP contribution in [-0.4, -0.2) is 19.1 Å². The minimum Gasteiger partial charge on any atom is -0.329 e. The molecule has 0 saturated heterocycles. The molecule has 4 heteroatoms. The standard InChI is InChI=1S/C21H24N4/c1-4-12-25-19-9-7-6-8-17(19)23-21(25)14-16-10-11-20-18(13-16)22-15(3)24(20)5-2/h6-11,13H,4-5,12,14H2,1-3H3. The SMILES string of the molecule is CCCn1c(Cc2ccc3c(c2)nc(C)n3CC)nc2ccccc21. The van der Waals surface area contributed by atoms with Gasteiger partial charge in [0.15, 0.2) is 0 Å². The summed E-state index contributed by atoms with van der Waals surface area (Å²) in [6.45, 7) is 8.40. The summed E-state index contributed by atoms with van der Waals surface area (Å²) >= 11 is 0. The van der Waals surface area contributed by atoms with E-state index in [4.69, 9.17) is 9.97 Å². The summed E-state index contributed by atoms with van der Waals surface area (Å²) in [5.41, 5.74) is 5.87. The third-order valence-electron chi connectivity index (χ3n) is 4.86. The van der Waals surface area contributed by atoms with Crippen molar-refractivity contribution in [3.05, 3.63) is 59.7 Å². The molecule has 128 valence electrons. The normalized spacial score (nSPS) is 11.6. The van der Waals surface area contributed by atoms with Crippen LogP contribution in [-0.2, 0) is 19.5 Å². The van der Waals surface area contributed by atoms with Crippen LogP contribution in [0.15, 0.2) is 42.5 Å². The zero-order chi connectivity index (χ0) is 17.4. The first-order chi connectivity index (χ1) is 12.2. The molecule has 0 saturated carbocycles. The predicted molar refractivity (Wildman–Crippen MR) is 103 cm³/mol. The lowest BCUT2D eigenvalue weighted by Crippen LogP contribution is -2.04. The van der Waals surface area contributed by atoms with Crippen LogP contribution in [0.3, 0.4) is 0 Å². The van der Waals surface area contributed by atoms with Gasteiger partial charge >= 0.3 is 0 Å². The summed E-state index contributed by atoms with van der Waals surface area (Å²) in [6.07, 6.45) is 1.94. The smallest absolute Gasteiger partial charge is 0.114 e. The fraction of sp³-hybridized carbons (Fsp3) is 0.333. The molecule has 0 spiro atoms. The van der Waals surface area contributed by atoms with Crippen LogP contribution in [0.1, 0.15) is 37.5 Å². The van der Waals surface area contributed by atoms with Crippen molar-refractivity contribution in [2.75, 3.05) is 0 Å². The molecular weight excluding hydrogens is 308 g/mol. The molecule has 0 aliphatic heterocycles. The lowest BCUT2D eigenvalue weighted by atomic mass is 10.1. The van der Waals surface area contributed by atoms with Gasteiger partial charge in [0.05, 0.1) is 22.1 Å². The summed E-state index contributed by atoms with van der Waals surface area (Å²) < 4.78 is 4.61. The highest BCUT2D eigenvalue weighted by Gasteiger charge is 2.12. The molecule has 0 aliphatic rings. The van der Waals surface area contributed by atoms with Gasteiger partial charge in [-0.25, -0.2) is 9.97 Å². The van der Waals surface area contributed by atoms with Crippen LogP contribution in [0.4, 0.5) is 0 Å². The Morgan fingerprint density at radius 2 is 1.68 bits per heavy atom. The second-order valence-corrected chi connectivity index (χ2v) is 6.57. The van der Waals surface area contributed by atoms with Gasteiger partial charge in [-0.05, 0) is 50.1 Å². The van der Waals surface area contributed by atoms with Gasteiger partial charge in [-0.1, -0.05) is 25.1 Å². The van der Waals surface area contributed by atoms with Gasteiger partial charge in [-0.15, -0.1) is 0 Å². The first kappa shape index (κ1) is 15.9. The molecule has 2 heterocycles. The van der Waals surface area contributed by atoms with Gasteiger partial charge in [0.1, 0.15) is 11.6 Å². The second-order valence-electron chi connectivity index (χ2n) is 6.57. The zero-order valence-electron chi connectivity index (χ0n) is 15.2. The maximum absolute atomic E-state index is 4.88. The highest BCUT2D eigenvalue weighted by Crippen LogP contribution is 2.22. The molecule has 2 aromatic carbocycles. The van der Waals surface area contributed by atoms with E-state index >= 15 is 0 Å². The Hall–Kier alpha value is -2.62. The van der Waals surface area contributed by atoms with Crippen LogP contribution in [0.2, 0.25) is 0 Å². The van der Waals surface area contributed by atoms with Gasteiger partial charge in [0.25, 0.3) is 0 Å². The van der Waals surface area contributed by atoms with E-state index in [0.717, 1.165) is 48.6 Å². The molecule has 0 aliphatic carbocycles. The Morgan fingerprint density at radius 3 is 2.48 bits per heavy atom. The number of benzene rings is 2. The highest BCUT2D eigenvalue weighted by molar-refractivity contribution is 5.78. The third kappa shape index (κ3) is 2.72. The Kier molecular flexibility index (Phi) is 4.04. The Morgan fingerprint density at radius 1 is 0.880 bits per heavy atom. The lowest BCUT2D eigenvalue weighted by Gasteiger charge is -2.08. The van der Waals surface area contributed by atoms with E-state index < -0.39 is 0 Å². The van der Waals surface area contributed by atoms with Gasteiger partial charge < -0.3 is 9.13 Å². The topological polar surface area (TPSA) is 35.6 Å². The number of fused-ring (bicyclic) bond motifs is 2. The lowest BCUT2D eigenvalue weighted by molar-refractivity contribution is 0.664. The summed E-state index contributed by atoms with van der Waals surface area (Å²) in [6, 6.07) is 15.0. The van der Waals surface area contributed by atoms with E-state index in [9.17, 15) is 0 Å². The predicted octanol–water partition coefficient (Wildman–Crippen LogP) is 4.72. The van der Waals surface area contributed by atoms with Gasteiger partial charge in [0, 0.05) is 19.5 Å². The van der Waals surface area contributed by atoms with Crippen LogP contribution < -0.4 is 0 Å². The fourth-order valence-electron chi connectivity index (χ4n) is 3.72. The number of hydrogen-bond donors (Lipinski definition) is 0. The molecule has 0 fully saturated rings. The maximum Gasteiger partial charge on any atom is 0.114 e. The molecule has 4 aromatic rings. The number of rotatable bonds is 5. The van der Waals surface area contributed by atoms with Crippen molar-refractivity contribution in [3.8, 4) is 0 Å². The molecular formula is C21H24N4. The Labute approximate surface area is 148 Å². The Balaban J connectivity index is 1.76. The van der Waals surface area contributed by atoms with E-state index in [0.29, 0.717) is 0 Å². The average molecular weight is 332 g/mol. The molecule has 0 radical (unpaired) electrons. The number of imidazole rings is 2. The van der Waals surface area contributed by atoms with Crippen LogP contribution in [0.5, 0.6) is 0 Å². The molecule has 0 bridgehead atoms. The van der Waals surface area contributed by atoms with Gasteiger partial charge in [0.2, 0.25) is 0 Å². The maximum atomic E-state index is 4.88. The quantitative estimate of drug-likeness (QED) is 0.530. The Bertz CT molecular complexity index is 1040.